The van der Waals surface area contributed by atoms with E-state index in [2.05, 4.69) is 14.7 Å². The quantitative estimate of drug-likeness (QED) is 0.749. The van der Waals surface area contributed by atoms with Gasteiger partial charge < -0.3 is 14.5 Å². The van der Waals surface area contributed by atoms with Crippen LogP contribution in [0.3, 0.4) is 0 Å². The maximum absolute atomic E-state index is 11.0. The molecule has 0 saturated heterocycles. The average Bonchev–Trinajstić information content (AvgIpc) is 2.96. The average molecular weight is 317 g/mol. The Kier molecular flexibility index (Phi) is 3.98. The van der Waals surface area contributed by atoms with Crippen LogP contribution in [-0.4, -0.2) is 29.7 Å². The van der Waals surface area contributed by atoms with E-state index in [9.17, 15) is 4.79 Å². The van der Waals surface area contributed by atoms with Gasteiger partial charge >= 0.3 is 5.97 Å². The molecule has 0 aliphatic rings. The lowest BCUT2D eigenvalue weighted by Crippen LogP contribution is -2.12. The van der Waals surface area contributed by atoms with Gasteiger partial charge in [-0.2, -0.15) is 0 Å². The molecule has 0 atom stereocenters. The first-order chi connectivity index (χ1) is 10.7. The molecule has 0 aliphatic carbocycles. The molecule has 1 heterocycles. The van der Waals surface area contributed by atoms with Gasteiger partial charge in [-0.05, 0) is 42.5 Å². The summed E-state index contributed by atoms with van der Waals surface area (Å²) < 4.78 is 9.82. The van der Waals surface area contributed by atoms with Gasteiger partial charge in [0.1, 0.15) is 11.6 Å². The molecule has 3 rings (SSSR count). The van der Waals surface area contributed by atoms with Gasteiger partial charge in [0.2, 0.25) is 0 Å². The lowest BCUT2D eigenvalue weighted by Gasteiger charge is -2.05. The van der Waals surface area contributed by atoms with Crippen LogP contribution in [0.2, 0.25) is 5.02 Å². The largest absolute Gasteiger partial charge is 0.482 e. The number of esters is 1. The van der Waals surface area contributed by atoms with Crippen molar-refractivity contribution in [2.75, 3.05) is 13.7 Å². The van der Waals surface area contributed by atoms with E-state index in [4.69, 9.17) is 16.3 Å². The molecule has 0 aliphatic heterocycles. The van der Waals surface area contributed by atoms with Crippen LogP contribution in [0.25, 0.3) is 22.4 Å². The minimum Gasteiger partial charge on any atom is -0.482 e. The van der Waals surface area contributed by atoms with Gasteiger partial charge in [-0.25, -0.2) is 9.78 Å². The van der Waals surface area contributed by atoms with Crippen molar-refractivity contribution < 1.29 is 14.3 Å². The number of halogens is 1. The van der Waals surface area contributed by atoms with Crippen molar-refractivity contribution in [2.45, 2.75) is 0 Å². The monoisotopic (exact) mass is 316 g/mol. The molecule has 2 aromatic carbocycles. The Hall–Kier alpha value is -2.53. The van der Waals surface area contributed by atoms with E-state index in [1.54, 1.807) is 18.2 Å². The topological polar surface area (TPSA) is 64.2 Å². The third-order valence-electron chi connectivity index (χ3n) is 3.16. The summed E-state index contributed by atoms with van der Waals surface area (Å²) in [5.74, 6) is 0.920. The molecule has 0 saturated carbocycles. The molecule has 0 spiro atoms. The second-order valence-corrected chi connectivity index (χ2v) is 5.07. The van der Waals surface area contributed by atoms with Crippen LogP contribution < -0.4 is 4.74 Å². The second kappa shape index (κ2) is 6.07. The van der Waals surface area contributed by atoms with E-state index >= 15 is 0 Å². The molecular weight excluding hydrogens is 304 g/mol. The summed E-state index contributed by atoms with van der Waals surface area (Å²) in [6, 6.07) is 12.8. The number of rotatable bonds is 4. The second-order valence-electron chi connectivity index (χ2n) is 4.64. The highest BCUT2D eigenvalue weighted by molar-refractivity contribution is 6.31. The number of methoxy groups -OCH3 is 1. The molecule has 0 fully saturated rings. The predicted molar refractivity (Wildman–Crippen MR) is 84.1 cm³/mol. The Morgan fingerprint density at radius 1 is 1.23 bits per heavy atom. The summed E-state index contributed by atoms with van der Waals surface area (Å²) in [6.07, 6.45) is 0. The van der Waals surface area contributed by atoms with Gasteiger partial charge in [0, 0.05) is 10.6 Å². The number of imidazole rings is 1. The summed E-state index contributed by atoms with van der Waals surface area (Å²) in [6.45, 7) is -0.112. The van der Waals surface area contributed by atoms with Crippen LogP contribution in [0.4, 0.5) is 0 Å². The predicted octanol–water partition coefficient (Wildman–Crippen LogP) is 3.44. The Morgan fingerprint density at radius 2 is 2.00 bits per heavy atom. The van der Waals surface area contributed by atoms with Crippen LogP contribution >= 0.6 is 11.6 Å². The van der Waals surface area contributed by atoms with Crippen molar-refractivity contribution in [3.63, 3.8) is 0 Å². The van der Waals surface area contributed by atoms with E-state index in [1.165, 1.54) is 7.11 Å². The number of carbonyl (C=O) groups excluding carboxylic acids is 1. The van der Waals surface area contributed by atoms with Crippen molar-refractivity contribution >= 4 is 28.6 Å². The highest BCUT2D eigenvalue weighted by Crippen LogP contribution is 2.24. The van der Waals surface area contributed by atoms with Crippen LogP contribution in [0.15, 0.2) is 42.5 Å². The van der Waals surface area contributed by atoms with Crippen molar-refractivity contribution in [2.24, 2.45) is 0 Å². The number of aromatic amines is 1. The Balaban J connectivity index is 1.80. The van der Waals surface area contributed by atoms with Crippen LogP contribution in [-0.2, 0) is 9.53 Å². The number of aromatic nitrogens is 2. The van der Waals surface area contributed by atoms with Gasteiger partial charge in [-0.15, -0.1) is 0 Å². The van der Waals surface area contributed by atoms with Gasteiger partial charge in [0.25, 0.3) is 0 Å². The summed E-state index contributed by atoms with van der Waals surface area (Å²) in [5, 5.41) is 0.661. The lowest BCUT2D eigenvalue weighted by molar-refractivity contribution is -0.142. The molecule has 1 aromatic heterocycles. The lowest BCUT2D eigenvalue weighted by atomic mass is 10.2. The van der Waals surface area contributed by atoms with E-state index in [0.29, 0.717) is 10.8 Å². The van der Waals surface area contributed by atoms with Crippen molar-refractivity contribution in [1.29, 1.82) is 0 Å². The number of nitrogens with zero attached hydrogens (tertiary/aromatic N) is 1. The van der Waals surface area contributed by atoms with Crippen molar-refractivity contribution in [3.05, 3.63) is 47.5 Å². The van der Waals surface area contributed by atoms with Crippen molar-refractivity contribution in [1.82, 2.24) is 9.97 Å². The highest BCUT2D eigenvalue weighted by Gasteiger charge is 2.07. The zero-order chi connectivity index (χ0) is 15.5. The molecule has 6 heteroatoms. The summed E-state index contributed by atoms with van der Waals surface area (Å²) in [5.41, 5.74) is 2.65. The first-order valence-corrected chi connectivity index (χ1v) is 6.99. The van der Waals surface area contributed by atoms with Gasteiger partial charge in [0.05, 0.1) is 18.1 Å². The first-order valence-electron chi connectivity index (χ1n) is 6.61. The van der Waals surface area contributed by atoms with Crippen LogP contribution in [0.1, 0.15) is 0 Å². The number of H-pyrrole nitrogens is 1. The zero-order valence-electron chi connectivity index (χ0n) is 11.8. The number of fused-ring (bicyclic) bond motifs is 1. The molecule has 0 amide bonds. The number of hydrogen-bond donors (Lipinski definition) is 1. The SMILES string of the molecule is COC(=O)COc1ccc(-c2nc3ccc(Cl)cc3[nH]2)cc1. The number of benzene rings is 2. The third-order valence-corrected chi connectivity index (χ3v) is 3.39. The summed E-state index contributed by atoms with van der Waals surface area (Å²) in [7, 11) is 1.32. The highest BCUT2D eigenvalue weighted by atomic mass is 35.5. The molecule has 5 nitrogen and oxygen atoms in total. The minimum atomic E-state index is -0.418. The molecule has 3 aromatic rings. The number of ether oxygens (including phenoxy) is 2. The van der Waals surface area contributed by atoms with E-state index in [1.807, 2.05) is 24.3 Å². The van der Waals surface area contributed by atoms with E-state index < -0.39 is 5.97 Å². The van der Waals surface area contributed by atoms with Gasteiger partial charge in [0.15, 0.2) is 6.61 Å². The molecule has 1 N–H and O–H groups in total. The standard InChI is InChI=1S/C16H13ClN2O3/c1-21-15(20)9-22-12-5-2-10(3-6-12)16-18-13-7-4-11(17)8-14(13)19-16/h2-8H,9H2,1H3,(H,18,19). The van der Waals surface area contributed by atoms with Gasteiger partial charge in [-0.3, -0.25) is 0 Å². The fourth-order valence-corrected chi connectivity index (χ4v) is 2.20. The fourth-order valence-electron chi connectivity index (χ4n) is 2.03. The Morgan fingerprint density at radius 3 is 2.73 bits per heavy atom. The summed E-state index contributed by atoms with van der Waals surface area (Å²) in [4.78, 5) is 18.8. The Labute approximate surface area is 131 Å². The molecule has 0 radical (unpaired) electrons. The maximum Gasteiger partial charge on any atom is 0.343 e. The zero-order valence-corrected chi connectivity index (χ0v) is 12.6. The molecule has 0 unspecified atom stereocenters. The number of hydrogen-bond acceptors (Lipinski definition) is 4. The number of nitrogens with one attached hydrogen (secondary N) is 1. The minimum absolute atomic E-state index is 0.112. The maximum atomic E-state index is 11.0. The van der Waals surface area contributed by atoms with Gasteiger partial charge in [-0.1, -0.05) is 11.6 Å². The normalized spacial score (nSPS) is 10.6. The van der Waals surface area contributed by atoms with E-state index in [-0.39, 0.29) is 6.61 Å². The molecule has 22 heavy (non-hydrogen) atoms. The molecular formula is C16H13ClN2O3. The van der Waals surface area contributed by atoms with Crippen LogP contribution in [0, 0.1) is 0 Å². The summed E-state index contributed by atoms with van der Waals surface area (Å²) >= 11 is 5.96. The first kappa shape index (κ1) is 14.4. The molecule has 0 bridgehead atoms. The fraction of sp³-hybridized carbons (Fsp3) is 0.125. The van der Waals surface area contributed by atoms with Crippen LogP contribution in [0.5, 0.6) is 5.75 Å². The number of carbonyl (C=O) groups is 1. The van der Waals surface area contributed by atoms with E-state index in [0.717, 1.165) is 22.4 Å². The van der Waals surface area contributed by atoms with Crippen molar-refractivity contribution in [3.8, 4) is 17.1 Å². The molecule has 112 valence electrons. The smallest absolute Gasteiger partial charge is 0.343 e. The third kappa shape index (κ3) is 3.04. The Bertz CT molecular complexity index is 812.